The highest BCUT2D eigenvalue weighted by Gasteiger charge is 2.27. The number of fused-ring (bicyclic) bond motifs is 1. The molecule has 0 unspecified atom stereocenters. The number of aromatic nitrogens is 1. The van der Waals surface area contributed by atoms with Crippen LogP contribution in [-0.4, -0.2) is 30.8 Å². The van der Waals surface area contributed by atoms with Crippen molar-refractivity contribution in [2.24, 2.45) is 0 Å². The molecule has 4 nitrogen and oxygen atoms in total. The number of nitrogens with one attached hydrogen (secondary N) is 2. The molecule has 0 spiro atoms. The molecule has 15 heavy (non-hydrogen) atoms. The molecule has 1 saturated heterocycles. The van der Waals surface area contributed by atoms with E-state index in [0.29, 0.717) is 6.04 Å². The molecule has 0 radical (unpaired) electrons. The summed E-state index contributed by atoms with van der Waals surface area (Å²) in [7, 11) is 0. The second-order valence-electron chi connectivity index (χ2n) is 4.16. The molecule has 2 N–H and O–H groups in total. The van der Waals surface area contributed by atoms with Crippen molar-refractivity contribution in [3.05, 3.63) is 18.3 Å². The second-order valence-corrected chi connectivity index (χ2v) is 4.16. The fraction of sp³-hybridized carbons (Fsp3) is 0.545. The van der Waals surface area contributed by atoms with Gasteiger partial charge in [-0.1, -0.05) is 0 Å². The lowest BCUT2D eigenvalue weighted by Crippen LogP contribution is -2.43. The van der Waals surface area contributed by atoms with Gasteiger partial charge in [0.1, 0.15) is 0 Å². The van der Waals surface area contributed by atoms with Gasteiger partial charge >= 0.3 is 0 Å². The molecule has 1 aromatic rings. The minimum absolute atomic E-state index is 0.671. The molecule has 2 aliphatic rings. The van der Waals surface area contributed by atoms with Gasteiger partial charge in [0.05, 0.1) is 12.4 Å². The largest absolute Gasteiger partial charge is 0.351 e. The molecule has 0 saturated carbocycles. The average Bonchev–Trinajstić information content (AvgIpc) is 2.74. The van der Waals surface area contributed by atoms with Gasteiger partial charge < -0.3 is 15.5 Å². The summed E-state index contributed by atoms with van der Waals surface area (Å²) in [5.74, 6) is 1.04. The fourth-order valence-electron chi connectivity index (χ4n) is 2.45. The number of pyridine rings is 1. The van der Waals surface area contributed by atoms with E-state index in [0.717, 1.165) is 25.6 Å². The van der Waals surface area contributed by atoms with E-state index in [1.165, 1.54) is 18.5 Å². The molecule has 3 rings (SSSR count). The molecule has 2 aliphatic heterocycles. The number of hydrogen-bond acceptors (Lipinski definition) is 4. The van der Waals surface area contributed by atoms with Crippen molar-refractivity contribution in [1.82, 2.24) is 10.3 Å². The Morgan fingerprint density at radius 2 is 2.20 bits per heavy atom. The van der Waals surface area contributed by atoms with Crippen molar-refractivity contribution in [3.63, 3.8) is 0 Å². The molecule has 0 amide bonds. The summed E-state index contributed by atoms with van der Waals surface area (Å²) in [6.07, 6.45) is 4.31. The maximum Gasteiger partial charge on any atom is 0.151 e. The van der Waals surface area contributed by atoms with E-state index >= 15 is 0 Å². The minimum Gasteiger partial charge on any atom is -0.351 e. The number of hydrogen-bond donors (Lipinski definition) is 2. The van der Waals surface area contributed by atoms with Crippen molar-refractivity contribution in [2.45, 2.75) is 18.9 Å². The lowest BCUT2D eigenvalue weighted by atomic mass is 10.1. The van der Waals surface area contributed by atoms with E-state index < -0.39 is 0 Å². The van der Waals surface area contributed by atoms with Gasteiger partial charge in [0.25, 0.3) is 0 Å². The highest BCUT2D eigenvalue weighted by molar-refractivity contribution is 5.71. The van der Waals surface area contributed by atoms with Crippen LogP contribution in [0.4, 0.5) is 11.5 Å². The number of nitrogens with zero attached hydrogens (tertiary/aromatic N) is 2. The third-order valence-electron chi connectivity index (χ3n) is 3.26. The van der Waals surface area contributed by atoms with Gasteiger partial charge in [0, 0.05) is 12.2 Å². The van der Waals surface area contributed by atoms with Crippen molar-refractivity contribution >= 4 is 11.5 Å². The zero-order valence-electron chi connectivity index (χ0n) is 8.74. The Hall–Kier alpha value is -1.29. The van der Waals surface area contributed by atoms with E-state index in [1.54, 1.807) is 0 Å². The van der Waals surface area contributed by atoms with Gasteiger partial charge in [-0.2, -0.15) is 0 Å². The number of piperidine rings is 1. The maximum absolute atomic E-state index is 4.34. The Balaban J connectivity index is 1.83. The van der Waals surface area contributed by atoms with Crippen LogP contribution in [0.25, 0.3) is 0 Å². The van der Waals surface area contributed by atoms with Crippen LogP contribution in [0.2, 0.25) is 0 Å². The first-order valence-electron chi connectivity index (χ1n) is 5.61. The Kier molecular flexibility index (Phi) is 2.21. The Morgan fingerprint density at radius 1 is 1.33 bits per heavy atom. The number of rotatable bonds is 1. The molecule has 1 fully saturated rings. The Morgan fingerprint density at radius 3 is 3.07 bits per heavy atom. The first-order valence-corrected chi connectivity index (χ1v) is 5.61. The smallest absolute Gasteiger partial charge is 0.151 e. The maximum atomic E-state index is 4.34. The Labute approximate surface area is 89.7 Å². The highest BCUT2D eigenvalue weighted by atomic mass is 15.3. The summed E-state index contributed by atoms with van der Waals surface area (Å²) >= 11 is 0. The zero-order valence-corrected chi connectivity index (χ0v) is 8.74. The van der Waals surface area contributed by atoms with E-state index in [-0.39, 0.29) is 0 Å². The first kappa shape index (κ1) is 8.97. The van der Waals surface area contributed by atoms with Crippen LogP contribution < -0.4 is 15.5 Å². The summed E-state index contributed by atoms with van der Waals surface area (Å²) < 4.78 is 0. The van der Waals surface area contributed by atoms with E-state index in [1.807, 2.05) is 12.3 Å². The molecule has 1 aromatic heterocycles. The normalized spacial score (nSPS) is 21.2. The second kappa shape index (κ2) is 3.70. The third-order valence-corrected chi connectivity index (χ3v) is 3.26. The molecule has 80 valence electrons. The van der Waals surface area contributed by atoms with Gasteiger partial charge in [-0.05, 0) is 38.1 Å². The van der Waals surface area contributed by atoms with Gasteiger partial charge in [-0.3, -0.25) is 0 Å². The molecule has 0 bridgehead atoms. The lowest BCUT2D eigenvalue weighted by molar-refractivity contribution is 0.438. The Bertz CT molecular complexity index is 346. The van der Waals surface area contributed by atoms with Crippen LogP contribution in [-0.2, 0) is 0 Å². The summed E-state index contributed by atoms with van der Waals surface area (Å²) in [6.45, 7) is 3.19. The quantitative estimate of drug-likeness (QED) is 0.716. The summed E-state index contributed by atoms with van der Waals surface area (Å²) in [6, 6.07) is 4.84. The predicted octanol–water partition coefficient (Wildman–Crippen LogP) is 1.02. The molecule has 0 aliphatic carbocycles. The van der Waals surface area contributed by atoms with Crippen LogP contribution in [0.3, 0.4) is 0 Å². The average molecular weight is 204 g/mol. The van der Waals surface area contributed by atoms with Crippen molar-refractivity contribution in [1.29, 1.82) is 0 Å². The molecule has 0 atom stereocenters. The van der Waals surface area contributed by atoms with Gasteiger partial charge in [-0.15, -0.1) is 0 Å². The van der Waals surface area contributed by atoms with Crippen LogP contribution >= 0.6 is 0 Å². The van der Waals surface area contributed by atoms with Crippen LogP contribution in [0, 0.1) is 0 Å². The fourth-order valence-corrected chi connectivity index (χ4v) is 2.45. The highest BCUT2D eigenvalue weighted by Crippen LogP contribution is 2.31. The van der Waals surface area contributed by atoms with Gasteiger partial charge in [-0.25, -0.2) is 4.98 Å². The lowest BCUT2D eigenvalue weighted by Gasteiger charge is -2.32. The monoisotopic (exact) mass is 204 g/mol. The van der Waals surface area contributed by atoms with Crippen molar-refractivity contribution < 1.29 is 0 Å². The third kappa shape index (κ3) is 1.55. The van der Waals surface area contributed by atoms with E-state index in [9.17, 15) is 0 Å². The zero-order chi connectivity index (χ0) is 10.1. The predicted molar refractivity (Wildman–Crippen MR) is 61.1 cm³/mol. The van der Waals surface area contributed by atoms with Crippen molar-refractivity contribution in [3.8, 4) is 0 Å². The summed E-state index contributed by atoms with van der Waals surface area (Å²) in [5.41, 5.74) is 1.27. The SMILES string of the molecule is c1cnc2c(c1)N(C1CCNCC1)CN2. The van der Waals surface area contributed by atoms with Crippen LogP contribution in [0.5, 0.6) is 0 Å². The first-order chi connectivity index (χ1) is 7.45. The van der Waals surface area contributed by atoms with Crippen LogP contribution in [0.15, 0.2) is 18.3 Å². The van der Waals surface area contributed by atoms with E-state index in [2.05, 4.69) is 26.6 Å². The van der Waals surface area contributed by atoms with Gasteiger partial charge in [0.15, 0.2) is 5.82 Å². The summed E-state index contributed by atoms with van der Waals surface area (Å²) in [5, 5.41) is 6.74. The molecule has 3 heterocycles. The van der Waals surface area contributed by atoms with E-state index in [4.69, 9.17) is 0 Å². The van der Waals surface area contributed by atoms with Gasteiger partial charge in [0.2, 0.25) is 0 Å². The molecular weight excluding hydrogens is 188 g/mol. The molecule has 4 heteroatoms. The standard InChI is InChI=1S/C11H16N4/c1-2-10-11(13-5-1)14-8-15(10)9-3-6-12-7-4-9/h1-2,5,9,12H,3-4,6-8H2,(H,13,14). The molecule has 0 aromatic carbocycles. The summed E-state index contributed by atoms with van der Waals surface area (Å²) in [4.78, 5) is 6.78. The molecular formula is C11H16N4. The van der Waals surface area contributed by atoms with Crippen LogP contribution in [0.1, 0.15) is 12.8 Å². The topological polar surface area (TPSA) is 40.2 Å². The van der Waals surface area contributed by atoms with Crippen molar-refractivity contribution in [2.75, 3.05) is 30.0 Å². The minimum atomic E-state index is 0.671. The number of anilines is 2.